The maximum atomic E-state index is 12.8. The molecule has 0 fully saturated rings. The van der Waals surface area contributed by atoms with Gasteiger partial charge < -0.3 is 20.1 Å². The van der Waals surface area contributed by atoms with Crippen LogP contribution in [-0.2, 0) is 32.7 Å². The number of carbonyl (C=O) groups is 2. The van der Waals surface area contributed by atoms with Crippen molar-refractivity contribution in [2.45, 2.75) is 354 Å². The topological polar surface area (TPSA) is 134 Å². The van der Waals surface area contributed by atoms with Crippen LogP contribution >= 0.6 is 7.82 Å². The van der Waals surface area contributed by atoms with Crippen LogP contribution < -0.4 is 5.73 Å². The van der Waals surface area contributed by atoms with E-state index < -0.39 is 26.5 Å². The van der Waals surface area contributed by atoms with Crippen LogP contribution in [0.3, 0.4) is 0 Å². The maximum Gasteiger partial charge on any atom is 0.472 e. The Bertz CT molecular complexity index is 1670. The molecule has 3 N–H and O–H groups in total. The number of carbonyl (C=O) groups excluding carboxylic acids is 2. The molecule has 0 amide bonds. The molecule has 0 aromatic carbocycles. The highest BCUT2D eigenvalue weighted by molar-refractivity contribution is 7.47. The van der Waals surface area contributed by atoms with Gasteiger partial charge in [-0.1, -0.05) is 330 Å². The summed E-state index contributed by atoms with van der Waals surface area (Å²) in [6.07, 6.45) is 94.0. The summed E-state index contributed by atoms with van der Waals surface area (Å²) in [5.41, 5.74) is 5.41. The molecule has 0 aromatic heterocycles. The fourth-order valence-electron chi connectivity index (χ4n) is 10.5. The molecule has 10 heteroatoms. The van der Waals surface area contributed by atoms with E-state index in [1.54, 1.807) is 0 Å². The predicted octanol–water partition coefficient (Wildman–Crippen LogP) is 23.8. The Morgan fingerprint density at radius 1 is 0.365 bits per heavy atom. The molecular weight excluding hydrogens is 1070 g/mol. The number of phosphoric acid groups is 1. The van der Waals surface area contributed by atoms with Gasteiger partial charge in [0.05, 0.1) is 13.2 Å². The van der Waals surface area contributed by atoms with E-state index in [-0.39, 0.29) is 38.6 Å². The summed E-state index contributed by atoms with van der Waals surface area (Å²) in [7, 11) is -4.40. The van der Waals surface area contributed by atoms with E-state index in [0.29, 0.717) is 6.42 Å². The highest BCUT2D eigenvalue weighted by atomic mass is 31.2. The molecule has 0 saturated carbocycles. The standard InChI is InChI=1S/C75H136NO8P/c1-3-5-7-9-11-13-15-17-19-21-23-25-27-29-31-33-34-35-36-37-38-40-42-44-46-48-50-52-54-56-58-60-62-64-66-68-75(78)84-73(72-83-85(79,80)82-70-69-76)71-81-74(77)67-65-63-61-59-57-55-53-51-49-47-45-43-41-39-32-30-28-26-24-22-20-18-16-14-12-10-8-6-4-2/h5,7,11,13,16-19,22-25,28,30,73H,3-4,6,8-10,12,14-15,20-21,26-27,29,31-72,76H2,1-2H3,(H,79,80)/b7-5-,13-11-,18-16-,19-17-,24-22-,25-23-,30-28-. The van der Waals surface area contributed by atoms with E-state index >= 15 is 0 Å². The van der Waals surface area contributed by atoms with Gasteiger partial charge in [0.1, 0.15) is 6.61 Å². The Labute approximate surface area is 525 Å². The van der Waals surface area contributed by atoms with Crippen molar-refractivity contribution in [2.75, 3.05) is 26.4 Å². The van der Waals surface area contributed by atoms with Crippen LogP contribution in [0.5, 0.6) is 0 Å². The minimum Gasteiger partial charge on any atom is -0.462 e. The Kier molecular flexibility index (Phi) is 68.0. The Hall–Kier alpha value is -2.81. The Morgan fingerprint density at radius 2 is 0.647 bits per heavy atom. The van der Waals surface area contributed by atoms with Crippen LogP contribution in [0.4, 0.5) is 0 Å². The summed E-state index contributed by atoms with van der Waals surface area (Å²) < 4.78 is 33.2. The van der Waals surface area contributed by atoms with Gasteiger partial charge in [0.2, 0.25) is 0 Å². The number of nitrogens with two attached hydrogens (primary N) is 1. The summed E-state index contributed by atoms with van der Waals surface area (Å²) in [5.74, 6) is -0.814. The van der Waals surface area contributed by atoms with Crippen molar-refractivity contribution in [2.24, 2.45) is 5.73 Å². The lowest BCUT2D eigenvalue weighted by Crippen LogP contribution is -2.29. The van der Waals surface area contributed by atoms with Gasteiger partial charge in [-0.15, -0.1) is 0 Å². The molecular formula is C75H136NO8P. The monoisotopic (exact) mass is 1210 g/mol. The zero-order valence-electron chi connectivity index (χ0n) is 55.6. The van der Waals surface area contributed by atoms with Crippen molar-refractivity contribution >= 4 is 19.8 Å². The van der Waals surface area contributed by atoms with Crippen LogP contribution in [0.15, 0.2) is 85.1 Å². The van der Waals surface area contributed by atoms with Crippen LogP contribution in [0.25, 0.3) is 0 Å². The molecule has 0 heterocycles. The van der Waals surface area contributed by atoms with Crippen molar-refractivity contribution in [1.29, 1.82) is 0 Å². The van der Waals surface area contributed by atoms with Gasteiger partial charge >= 0.3 is 19.8 Å². The number of esters is 2. The number of rotatable bonds is 68. The second-order valence-electron chi connectivity index (χ2n) is 24.1. The molecule has 0 saturated heterocycles. The second-order valence-corrected chi connectivity index (χ2v) is 25.5. The van der Waals surface area contributed by atoms with E-state index in [9.17, 15) is 19.0 Å². The van der Waals surface area contributed by atoms with E-state index in [0.717, 1.165) is 70.6 Å². The normalized spacial score (nSPS) is 13.4. The first-order valence-corrected chi connectivity index (χ1v) is 37.6. The third kappa shape index (κ3) is 70.2. The minimum atomic E-state index is -4.40. The molecule has 0 aliphatic rings. The molecule has 0 aliphatic carbocycles. The largest absolute Gasteiger partial charge is 0.472 e. The van der Waals surface area contributed by atoms with Gasteiger partial charge in [0, 0.05) is 19.4 Å². The summed E-state index contributed by atoms with van der Waals surface area (Å²) in [6, 6.07) is 0. The summed E-state index contributed by atoms with van der Waals surface area (Å²) in [6.45, 7) is 3.67. The summed E-state index contributed by atoms with van der Waals surface area (Å²) in [5, 5.41) is 0. The average molecular weight is 1210 g/mol. The third-order valence-corrected chi connectivity index (χ3v) is 16.7. The van der Waals surface area contributed by atoms with Crippen LogP contribution in [0, 0.1) is 0 Å². The number of ether oxygens (including phenoxy) is 2. The first-order chi connectivity index (χ1) is 41.8. The number of unbranched alkanes of at least 4 members (excludes halogenated alkanes) is 41. The van der Waals surface area contributed by atoms with E-state index in [1.165, 1.54) is 244 Å². The first-order valence-electron chi connectivity index (χ1n) is 36.1. The third-order valence-electron chi connectivity index (χ3n) is 15.8. The van der Waals surface area contributed by atoms with Crippen LogP contribution in [0.2, 0.25) is 0 Å². The quantitative estimate of drug-likeness (QED) is 0.0264. The molecule has 85 heavy (non-hydrogen) atoms. The molecule has 0 radical (unpaired) electrons. The van der Waals surface area contributed by atoms with Crippen LogP contribution in [-0.4, -0.2) is 49.3 Å². The second kappa shape index (κ2) is 70.3. The molecule has 2 atom stereocenters. The number of hydrogen-bond acceptors (Lipinski definition) is 8. The highest BCUT2D eigenvalue weighted by Crippen LogP contribution is 2.43. The van der Waals surface area contributed by atoms with Gasteiger partial charge in [0.15, 0.2) is 6.10 Å². The minimum absolute atomic E-state index is 0.0529. The summed E-state index contributed by atoms with van der Waals surface area (Å²) >= 11 is 0. The van der Waals surface area contributed by atoms with Crippen molar-refractivity contribution in [3.05, 3.63) is 85.1 Å². The molecule has 0 bridgehead atoms. The molecule has 0 rings (SSSR count). The number of hydrogen-bond donors (Lipinski definition) is 2. The molecule has 9 nitrogen and oxygen atoms in total. The van der Waals surface area contributed by atoms with Crippen molar-refractivity contribution < 1.29 is 37.6 Å². The van der Waals surface area contributed by atoms with Gasteiger partial charge in [-0.25, -0.2) is 4.57 Å². The van der Waals surface area contributed by atoms with Gasteiger partial charge in [-0.2, -0.15) is 0 Å². The zero-order chi connectivity index (χ0) is 61.6. The number of allylic oxidation sites excluding steroid dienone is 14. The first kappa shape index (κ1) is 82.2. The van der Waals surface area contributed by atoms with Crippen molar-refractivity contribution in [1.82, 2.24) is 0 Å². The van der Waals surface area contributed by atoms with E-state index in [4.69, 9.17) is 24.3 Å². The zero-order valence-corrected chi connectivity index (χ0v) is 56.5. The fourth-order valence-corrected chi connectivity index (χ4v) is 11.2. The average Bonchev–Trinajstić information content (AvgIpc) is 3.52. The Balaban J connectivity index is 3.83. The number of phosphoric ester groups is 1. The van der Waals surface area contributed by atoms with Crippen LogP contribution in [0.1, 0.15) is 348 Å². The van der Waals surface area contributed by atoms with E-state index in [2.05, 4.69) is 98.9 Å². The predicted molar refractivity (Wildman–Crippen MR) is 367 cm³/mol. The molecule has 0 aliphatic heterocycles. The molecule has 0 aromatic rings. The van der Waals surface area contributed by atoms with Crippen molar-refractivity contribution in [3.63, 3.8) is 0 Å². The lowest BCUT2D eigenvalue weighted by atomic mass is 10.0. The SMILES string of the molecule is CC/C=C\C/C=C\C/C=C\C/C=C\CCCCCCCCCCCCCCCCCCCCCCCCC(=O)OC(COC(=O)CCCCCCCCCCCCCCCC/C=C\C/C=C\C/C=C\CCCCCCC)COP(=O)(O)OCCN. The van der Waals surface area contributed by atoms with Gasteiger partial charge in [-0.3, -0.25) is 18.6 Å². The van der Waals surface area contributed by atoms with Crippen molar-refractivity contribution in [3.8, 4) is 0 Å². The highest BCUT2D eigenvalue weighted by Gasteiger charge is 2.26. The van der Waals surface area contributed by atoms with Gasteiger partial charge in [-0.05, 0) is 89.9 Å². The van der Waals surface area contributed by atoms with Gasteiger partial charge in [0.25, 0.3) is 0 Å². The molecule has 494 valence electrons. The maximum absolute atomic E-state index is 12.8. The molecule has 2 unspecified atom stereocenters. The molecule has 0 spiro atoms. The lowest BCUT2D eigenvalue weighted by Gasteiger charge is -2.19. The Morgan fingerprint density at radius 3 is 0.965 bits per heavy atom. The van der Waals surface area contributed by atoms with E-state index in [1.807, 2.05) is 0 Å². The lowest BCUT2D eigenvalue weighted by molar-refractivity contribution is -0.161. The fraction of sp³-hybridized carbons (Fsp3) is 0.787. The summed E-state index contributed by atoms with van der Waals surface area (Å²) in [4.78, 5) is 35.4. The smallest absolute Gasteiger partial charge is 0.462 e.